The molecule has 24 heavy (non-hydrogen) atoms. The second kappa shape index (κ2) is 7.76. The molecule has 0 spiro atoms. The summed E-state index contributed by atoms with van der Waals surface area (Å²) in [6.07, 6.45) is 1.59. The summed E-state index contributed by atoms with van der Waals surface area (Å²) in [5.74, 6) is -1.48. The van der Waals surface area contributed by atoms with Crippen LogP contribution < -0.4 is 15.4 Å². The van der Waals surface area contributed by atoms with Crippen molar-refractivity contribution in [2.45, 2.75) is 20.9 Å². The lowest BCUT2D eigenvalue weighted by Crippen LogP contribution is -2.18. The first-order chi connectivity index (χ1) is 10.8. The Bertz CT molecular complexity index is 704. The number of rotatable bonds is 6. The van der Waals surface area contributed by atoms with Gasteiger partial charge >= 0.3 is 0 Å². The summed E-state index contributed by atoms with van der Waals surface area (Å²) in [5, 5.41) is 11.7. The number of amidine groups is 1. The second-order valence-electron chi connectivity index (χ2n) is 5.17. The maximum Gasteiger partial charge on any atom is 0.150 e. The summed E-state index contributed by atoms with van der Waals surface area (Å²) in [6, 6.07) is 2.29. The van der Waals surface area contributed by atoms with E-state index in [4.69, 9.17) is 15.9 Å². The predicted molar refractivity (Wildman–Crippen MR) is 90.9 cm³/mol. The fourth-order valence-electron chi connectivity index (χ4n) is 2.15. The van der Waals surface area contributed by atoms with Gasteiger partial charge in [-0.05, 0) is 6.92 Å². The van der Waals surface area contributed by atoms with Gasteiger partial charge in [0.2, 0.25) is 0 Å². The molecule has 132 valence electrons. The van der Waals surface area contributed by atoms with E-state index in [9.17, 15) is 8.78 Å². The minimum Gasteiger partial charge on any atom is -0.494 e. The standard InChI is InChI=1S/C15H19F2N5O.CH4/c1-4-23-9-5-11(16)10(12(17)6-9)7-22-8-13(21(2)3)14(20-22)15(18)19;/h5-6,8H,4,7H2,1-3H3,(H3,18,19);1H4. The Hall–Kier alpha value is -2.64. The third-order valence-electron chi connectivity index (χ3n) is 3.22. The first kappa shape index (κ1) is 19.4. The fraction of sp³-hybridized carbons (Fsp3) is 0.375. The van der Waals surface area contributed by atoms with Crippen LogP contribution in [0.4, 0.5) is 14.5 Å². The number of benzene rings is 1. The number of hydrogen-bond acceptors (Lipinski definition) is 4. The molecule has 6 nitrogen and oxygen atoms in total. The van der Waals surface area contributed by atoms with E-state index in [2.05, 4.69) is 5.10 Å². The zero-order valence-electron chi connectivity index (χ0n) is 13.2. The number of anilines is 1. The Morgan fingerprint density at radius 1 is 1.33 bits per heavy atom. The average molecular weight is 339 g/mol. The molecule has 2 rings (SSSR count). The van der Waals surface area contributed by atoms with Crippen LogP contribution >= 0.6 is 0 Å². The van der Waals surface area contributed by atoms with Crippen molar-refractivity contribution in [3.8, 4) is 5.75 Å². The molecule has 0 atom stereocenters. The first-order valence-electron chi connectivity index (χ1n) is 7.03. The van der Waals surface area contributed by atoms with Crippen molar-refractivity contribution in [1.82, 2.24) is 9.78 Å². The summed E-state index contributed by atoms with van der Waals surface area (Å²) in [7, 11) is 3.54. The molecule has 0 fully saturated rings. The number of halogens is 2. The molecule has 0 aliphatic carbocycles. The van der Waals surface area contributed by atoms with Crippen LogP contribution in [0.15, 0.2) is 18.3 Å². The molecule has 1 aromatic heterocycles. The number of ether oxygens (including phenoxy) is 1. The normalized spacial score (nSPS) is 10.2. The topological polar surface area (TPSA) is 80.2 Å². The van der Waals surface area contributed by atoms with E-state index >= 15 is 0 Å². The van der Waals surface area contributed by atoms with E-state index in [-0.39, 0.29) is 36.8 Å². The second-order valence-corrected chi connectivity index (χ2v) is 5.17. The lowest BCUT2D eigenvalue weighted by Gasteiger charge is -2.10. The van der Waals surface area contributed by atoms with Crippen LogP contribution in [0, 0.1) is 17.0 Å². The molecule has 2 aromatic rings. The minimum absolute atomic E-state index is 0. The number of nitrogens with one attached hydrogen (secondary N) is 1. The molecule has 0 radical (unpaired) electrons. The van der Waals surface area contributed by atoms with E-state index in [0.29, 0.717) is 12.3 Å². The van der Waals surface area contributed by atoms with Gasteiger partial charge in [-0.1, -0.05) is 7.43 Å². The fourth-order valence-corrected chi connectivity index (χ4v) is 2.15. The van der Waals surface area contributed by atoms with E-state index < -0.39 is 11.6 Å². The molecule has 0 aliphatic heterocycles. The van der Waals surface area contributed by atoms with Gasteiger partial charge < -0.3 is 15.4 Å². The average Bonchev–Trinajstić information content (AvgIpc) is 2.88. The summed E-state index contributed by atoms with van der Waals surface area (Å²) in [6.45, 7) is 1.95. The van der Waals surface area contributed by atoms with Crippen LogP contribution in [-0.2, 0) is 6.54 Å². The van der Waals surface area contributed by atoms with Gasteiger partial charge in [-0.3, -0.25) is 10.1 Å². The van der Waals surface area contributed by atoms with Crippen LogP contribution in [0.3, 0.4) is 0 Å². The summed E-state index contributed by atoms with van der Waals surface area (Å²) in [5.41, 5.74) is 6.23. The van der Waals surface area contributed by atoms with Crippen LogP contribution in [-0.4, -0.2) is 36.3 Å². The van der Waals surface area contributed by atoms with E-state index in [1.54, 1.807) is 32.1 Å². The molecule has 3 N–H and O–H groups in total. The van der Waals surface area contributed by atoms with Gasteiger partial charge in [0.25, 0.3) is 0 Å². The number of nitrogen functional groups attached to an aromatic ring is 1. The number of nitrogens with zero attached hydrogens (tertiary/aromatic N) is 3. The Morgan fingerprint density at radius 3 is 2.33 bits per heavy atom. The molecular weight excluding hydrogens is 316 g/mol. The highest BCUT2D eigenvalue weighted by molar-refractivity contribution is 5.98. The van der Waals surface area contributed by atoms with Crippen molar-refractivity contribution in [2.75, 3.05) is 25.6 Å². The van der Waals surface area contributed by atoms with Gasteiger partial charge in [0.05, 0.1) is 18.8 Å². The molecule has 0 unspecified atom stereocenters. The SMILES string of the molecule is C.CCOc1cc(F)c(Cn2cc(N(C)C)c(C(=N)N)n2)c(F)c1. The molecule has 0 aliphatic rings. The van der Waals surface area contributed by atoms with Crippen molar-refractivity contribution < 1.29 is 13.5 Å². The molecule has 0 saturated carbocycles. The zero-order chi connectivity index (χ0) is 17.1. The van der Waals surface area contributed by atoms with E-state index in [1.165, 1.54) is 4.68 Å². The van der Waals surface area contributed by atoms with Crippen LogP contribution in [0.5, 0.6) is 5.75 Å². The largest absolute Gasteiger partial charge is 0.494 e. The summed E-state index contributed by atoms with van der Waals surface area (Å²) >= 11 is 0. The molecule has 0 bridgehead atoms. The van der Waals surface area contributed by atoms with Crippen LogP contribution in [0.2, 0.25) is 0 Å². The predicted octanol–water partition coefficient (Wildman–Crippen LogP) is 2.59. The smallest absolute Gasteiger partial charge is 0.150 e. The van der Waals surface area contributed by atoms with E-state index in [0.717, 1.165) is 12.1 Å². The quantitative estimate of drug-likeness (QED) is 0.626. The molecule has 0 saturated heterocycles. The monoisotopic (exact) mass is 339 g/mol. The highest BCUT2D eigenvalue weighted by Gasteiger charge is 2.17. The third kappa shape index (κ3) is 4.01. The van der Waals surface area contributed by atoms with Crippen molar-refractivity contribution >= 4 is 11.5 Å². The number of nitrogens with two attached hydrogens (primary N) is 1. The first-order valence-corrected chi connectivity index (χ1v) is 7.03. The molecule has 0 amide bonds. The molecule has 1 aromatic carbocycles. The lowest BCUT2D eigenvalue weighted by molar-refractivity contribution is 0.335. The van der Waals surface area contributed by atoms with Crippen molar-refractivity contribution in [3.63, 3.8) is 0 Å². The Kier molecular flexibility index (Phi) is 6.27. The highest BCUT2D eigenvalue weighted by atomic mass is 19.1. The maximum absolute atomic E-state index is 14.1. The van der Waals surface area contributed by atoms with Crippen LogP contribution in [0.1, 0.15) is 25.6 Å². The van der Waals surface area contributed by atoms with Crippen molar-refractivity contribution in [1.29, 1.82) is 5.41 Å². The van der Waals surface area contributed by atoms with E-state index in [1.807, 2.05) is 0 Å². The number of aromatic nitrogens is 2. The van der Waals surface area contributed by atoms with Gasteiger partial charge in [0, 0.05) is 38.0 Å². The minimum atomic E-state index is -0.709. The highest BCUT2D eigenvalue weighted by Crippen LogP contribution is 2.23. The Labute approximate surface area is 140 Å². The Balaban J connectivity index is 0.00000288. The summed E-state index contributed by atoms with van der Waals surface area (Å²) < 4.78 is 34.7. The molecule has 1 heterocycles. The van der Waals surface area contributed by atoms with Gasteiger partial charge in [0.15, 0.2) is 0 Å². The summed E-state index contributed by atoms with van der Waals surface area (Å²) in [4.78, 5) is 1.73. The zero-order valence-corrected chi connectivity index (χ0v) is 13.2. The molecule has 8 heteroatoms. The Morgan fingerprint density at radius 2 is 1.92 bits per heavy atom. The maximum atomic E-state index is 14.1. The van der Waals surface area contributed by atoms with Gasteiger partial charge in [-0.25, -0.2) is 8.78 Å². The van der Waals surface area contributed by atoms with Crippen molar-refractivity contribution in [3.05, 3.63) is 41.2 Å². The van der Waals surface area contributed by atoms with Gasteiger partial charge in [-0.2, -0.15) is 5.10 Å². The molecular formula is C16H23F2N5O. The van der Waals surface area contributed by atoms with Gasteiger partial charge in [0.1, 0.15) is 28.9 Å². The van der Waals surface area contributed by atoms with Gasteiger partial charge in [-0.15, -0.1) is 0 Å². The number of hydrogen-bond donors (Lipinski definition) is 2. The van der Waals surface area contributed by atoms with Crippen molar-refractivity contribution in [2.24, 2.45) is 5.73 Å². The third-order valence-corrected chi connectivity index (χ3v) is 3.22. The lowest BCUT2D eigenvalue weighted by atomic mass is 10.2. The van der Waals surface area contributed by atoms with Crippen LogP contribution in [0.25, 0.3) is 0 Å².